The van der Waals surface area contributed by atoms with Gasteiger partial charge in [0, 0.05) is 6.04 Å². The zero-order valence-corrected chi connectivity index (χ0v) is 13.5. The normalized spacial score (nSPS) is 27.1. The van der Waals surface area contributed by atoms with Gasteiger partial charge in [0.25, 0.3) is 5.91 Å². The van der Waals surface area contributed by atoms with Gasteiger partial charge in [-0.25, -0.2) is 0 Å². The smallest absolute Gasteiger partial charge is 0.261 e. The third kappa shape index (κ3) is 2.92. The summed E-state index contributed by atoms with van der Waals surface area (Å²) < 4.78 is 5.86. The predicted octanol–water partition coefficient (Wildman–Crippen LogP) is 3.91. The van der Waals surface area contributed by atoms with Crippen molar-refractivity contribution >= 4 is 16.7 Å². The third-order valence-electron chi connectivity index (χ3n) is 5.47. The van der Waals surface area contributed by atoms with E-state index >= 15 is 0 Å². The summed E-state index contributed by atoms with van der Waals surface area (Å²) in [4.78, 5) is 12.4. The molecule has 1 N–H and O–H groups in total. The molecule has 0 saturated heterocycles. The Morgan fingerprint density at radius 2 is 1.96 bits per heavy atom. The molecule has 4 atom stereocenters. The van der Waals surface area contributed by atoms with Crippen LogP contribution in [0.25, 0.3) is 10.8 Å². The van der Waals surface area contributed by atoms with Crippen molar-refractivity contribution < 1.29 is 9.53 Å². The van der Waals surface area contributed by atoms with Gasteiger partial charge in [-0.3, -0.25) is 4.79 Å². The highest BCUT2D eigenvalue weighted by Gasteiger charge is 2.40. The molecule has 0 unspecified atom stereocenters. The van der Waals surface area contributed by atoms with Crippen LogP contribution in [0.15, 0.2) is 42.5 Å². The number of amides is 1. The second kappa shape index (κ2) is 5.88. The van der Waals surface area contributed by atoms with E-state index in [0.29, 0.717) is 12.0 Å². The molecule has 2 aromatic rings. The molecule has 120 valence electrons. The Kier molecular flexibility index (Phi) is 3.72. The van der Waals surface area contributed by atoms with Crippen LogP contribution in [-0.4, -0.2) is 18.1 Å². The molecular weight excluding hydrogens is 286 g/mol. The number of carbonyl (C=O) groups is 1. The van der Waals surface area contributed by atoms with Crippen molar-refractivity contribution in [2.75, 3.05) is 0 Å². The van der Waals surface area contributed by atoms with Gasteiger partial charge in [-0.15, -0.1) is 0 Å². The highest BCUT2D eigenvalue weighted by Crippen LogP contribution is 2.44. The number of fused-ring (bicyclic) bond motifs is 3. The molecule has 2 aliphatic rings. The van der Waals surface area contributed by atoms with Crippen molar-refractivity contribution in [1.82, 2.24) is 5.32 Å². The molecule has 23 heavy (non-hydrogen) atoms. The number of rotatable bonds is 4. The first-order valence-electron chi connectivity index (χ1n) is 8.65. The van der Waals surface area contributed by atoms with Gasteiger partial charge >= 0.3 is 0 Å². The van der Waals surface area contributed by atoms with E-state index in [2.05, 4.69) is 17.4 Å². The first-order valence-corrected chi connectivity index (χ1v) is 8.65. The van der Waals surface area contributed by atoms with Crippen LogP contribution in [0.1, 0.15) is 32.6 Å². The van der Waals surface area contributed by atoms with Gasteiger partial charge in [0.1, 0.15) is 5.75 Å². The molecular formula is C20H23NO2. The van der Waals surface area contributed by atoms with E-state index in [0.717, 1.165) is 23.5 Å². The zero-order valence-electron chi connectivity index (χ0n) is 13.5. The van der Waals surface area contributed by atoms with Crippen molar-refractivity contribution in [2.45, 2.75) is 44.8 Å². The number of hydrogen-bond donors (Lipinski definition) is 1. The molecule has 4 rings (SSSR count). The fourth-order valence-electron chi connectivity index (χ4n) is 4.22. The molecule has 0 heterocycles. The summed E-state index contributed by atoms with van der Waals surface area (Å²) in [6.45, 7) is 1.83. The zero-order chi connectivity index (χ0) is 15.8. The van der Waals surface area contributed by atoms with Crippen LogP contribution in [-0.2, 0) is 4.79 Å². The average molecular weight is 309 g/mol. The average Bonchev–Trinajstić information content (AvgIpc) is 3.17. The molecule has 2 aliphatic carbocycles. The first kappa shape index (κ1) is 14.6. The maximum Gasteiger partial charge on any atom is 0.261 e. The number of hydrogen-bond acceptors (Lipinski definition) is 2. The molecule has 0 radical (unpaired) electrons. The fourth-order valence-corrected chi connectivity index (χ4v) is 4.22. The fraction of sp³-hybridized carbons (Fsp3) is 0.450. The van der Waals surface area contributed by atoms with Gasteiger partial charge in [0.15, 0.2) is 6.10 Å². The first-order chi connectivity index (χ1) is 11.2. The minimum absolute atomic E-state index is 0.00992. The number of carbonyl (C=O) groups excluding carboxylic acids is 1. The maximum absolute atomic E-state index is 12.4. The molecule has 2 bridgehead atoms. The van der Waals surface area contributed by atoms with Gasteiger partial charge in [-0.2, -0.15) is 0 Å². The Morgan fingerprint density at radius 3 is 2.70 bits per heavy atom. The molecule has 2 saturated carbocycles. The summed E-state index contributed by atoms with van der Waals surface area (Å²) in [5.74, 6) is 2.29. The molecule has 3 nitrogen and oxygen atoms in total. The molecule has 2 fully saturated rings. The Hall–Kier alpha value is -2.03. The van der Waals surface area contributed by atoms with E-state index in [1.54, 1.807) is 0 Å². The Bertz CT molecular complexity index is 726. The summed E-state index contributed by atoms with van der Waals surface area (Å²) in [5, 5.41) is 5.51. The van der Waals surface area contributed by atoms with Crippen LogP contribution in [0.3, 0.4) is 0 Å². The maximum atomic E-state index is 12.4. The van der Waals surface area contributed by atoms with Gasteiger partial charge in [-0.1, -0.05) is 36.8 Å². The van der Waals surface area contributed by atoms with E-state index in [1.807, 2.05) is 37.3 Å². The monoisotopic (exact) mass is 309 g/mol. The topological polar surface area (TPSA) is 38.3 Å². The van der Waals surface area contributed by atoms with Gasteiger partial charge in [0.05, 0.1) is 0 Å². The standard InChI is InChI=1S/C20H23NO2/c1-13(20(22)21-19-11-14-6-7-17(19)10-14)23-18-9-8-15-4-2-3-5-16(15)12-18/h2-5,8-9,12-14,17,19H,6-7,10-11H2,1H3,(H,21,22)/t13-,14-,17-,19+/m1/s1. The summed E-state index contributed by atoms with van der Waals surface area (Å²) in [6, 6.07) is 14.5. The third-order valence-corrected chi connectivity index (χ3v) is 5.47. The molecule has 3 heteroatoms. The lowest BCUT2D eigenvalue weighted by Gasteiger charge is -2.24. The SMILES string of the molecule is C[C@@H](Oc1ccc2ccccc2c1)C(=O)N[C@H]1C[C@@H]2CC[C@@H]1C2. The number of nitrogens with one attached hydrogen (secondary N) is 1. The molecule has 0 aliphatic heterocycles. The van der Waals surface area contributed by atoms with Crippen LogP contribution in [0.4, 0.5) is 0 Å². The van der Waals surface area contributed by atoms with Gasteiger partial charge < -0.3 is 10.1 Å². The second-order valence-electron chi connectivity index (χ2n) is 7.06. The second-order valence-corrected chi connectivity index (χ2v) is 7.06. The van der Waals surface area contributed by atoms with Gasteiger partial charge in [-0.05, 0) is 60.9 Å². The summed E-state index contributed by atoms with van der Waals surface area (Å²) in [6.07, 6.45) is 4.61. The van der Waals surface area contributed by atoms with Gasteiger partial charge in [0.2, 0.25) is 0 Å². The lowest BCUT2D eigenvalue weighted by Crippen LogP contribution is -2.44. The highest BCUT2D eigenvalue weighted by molar-refractivity contribution is 5.84. The van der Waals surface area contributed by atoms with E-state index in [-0.39, 0.29) is 5.91 Å². The van der Waals surface area contributed by atoms with Crippen molar-refractivity contribution in [3.63, 3.8) is 0 Å². The lowest BCUT2D eigenvalue weighted by atomic mass is 9.95. The Morgan fingerprint density at radius 1 is 1.13 bits per heavy atom. The van der Waals surface area contributed by atoms with Crippen molar-refractivity contribution in [3.8, 4) is 5.75 Å². The van der Waals surface area contributed by atoms with Crippen LogP contribution < -0.4 is 10.1 Å². The van der Waals surface area contributed by atoms with E-state index in [1.165, 1.54) is 24.6 Å². The minimum Gasteiger partial charge on any atom is -0.481 e. The molecule has 0 spiro atoms. The van der Waals surface area contributed by atoms with E-state index in [4.69, 9.17) is 4.74 Å². The molecule has 0 aromatic heterocycles. The minimum atomic E-state index is -0.463. The lowest BCUT2D eigenvalue weighted by molar-refractivity contribution is -0.128. The van der Waals surface area contributed by atoms with Crippen molar-refractivity contribution in [3.05, 3.63) is 42.5 Å². The van der Waals surface area contributed by atoms with Crippen LogP contribution >= 0.6 is 0 Å². The Labute approximate surface area is 137 Å². The summed E-state index contributed by atoms with van der Waals surface area (Å²) in [7, 11) is 0. The van der Waals surface area contributed by atoms with Crippen molar-refractivity contribution in [1.29, 1.82) is 0 Å². The molecule has 1 amide bonds. The summed E-state index contributed by atoms with van der Waals surface area (Å²) >= 11 is 0. The number of benzene rings is 2. The molecule has 2 aromatic carbocycles. The van der Waals surface area contributed by atoms with Crippen LogP contribution in [0.5, 0.6) is 5.75 Å². The van der Waals surface area contributed by atoms with E-state index < -0.39 is 6.10 Å². The highest BCUT2D eigenvalue weighted by atomic mass is 16.5. The van der Waals surface area contributed by atoms with Crippen LogP contribution in [0.2, 0.25) is 0 Å². The van der Waals surface area contributed by atoms with E-state index in [9.17, 15) is 4.79 Å². The largest absolute Gasteiger partial charge is 0.481 e. The Balaban J connectivity index is 1.39. The van der Waals surface area contributed by atoms with Crippen molar-refractivity contribution in [2.24, 2.45) is 11.8 Å². The summed E-state index contributed by atoms with van der Waals surface area (Å²) in [5.41, 5.74) is 0. The quantitative estimate of drug-likeness (QED) is 0.930. The predicted molar refractivity (Wildman–Crippen MR) is 91.4 cm³/mol. The van der Waals surface area contributed by atoms with Crippen LogP contribution in [0, 0.1) is 11.8 Å². The number of ether oxygens (including phenoxy) is 1.